The number of sulfonamides is 1. The van der Waals surface area contributed by atoms with Crippen molar-refractivity contribution in [1.82, 2.24) is 9.21 Å². The molecule has 146 valence electrons. The summed E-state index contributed by atoms with van der Waals surface area (Å²) >= 11 is 6.03. The fourth-order valence-electron chi connectivity index (χ4n) is 3.33. The summed E-state index contributed by atoms with van der Waals surface area (Å²) in [7, 11) is -1.88. The topological polar surface area (TPSA) is 49.9 Å². The van der Waals surface area contributed by atoms with Crippen molar-refractivity contribution in [1.29, 1.82) is 0 Å². The first-order valence-corrected chi connectivity index (χ1v) is 10.8. The summed E-state index contributed by atoms with van der Waals surface area (Å²) in [5, 5.41) is 0.440. The van der Waals surface area contributed by atoms with Crippen molar-refractivity contribution in [2.75, 3.05) is 33.3 Å². The van der Waals surface area contributed by atoms with Gasteiger partial charge in [0.05, 0.1) is 12.0 Å². The lowest BCUT2D eigenvalue weighted by Gasteiger charge is -2.22. The van der Waals surface area contributed by atoms with Crippen LogP contribution in [-0.2, 0) is 16.6 Å². The molecule has 3 rings (SSSR count). The third-order valence-electron chi connectivity index (χ3n) is 4.88. The van der Waals surface area contributed by atoms with E-state index < -0.39 is 10.0 Å². The van der Waals surface area contributed by atoms with Gasteiger partial charge in [-0.05, 0) is 55.3 Å². The highest BCUT2D eigenvalue weighted by atomic mass is 35.5. The highest BCUT2D eigenvalue weighted by Crippen LogP contribution is 2.25. The third-order valence-corrected chi connectivity index (χ3v) is 7.16. The van der Waals surface area contributed by atoms with Crippen molar-refractivity contribution in [2.24, 2.45) is 0 Å². The summed E-state index contributed by atoms with van der Waals surface area (Å²) in [6, 6.07) is 13.0. The molecule has 0 spiro atoms. The molecule has 0 saturated carbocycles. The summed E-state index contributed by atoms with van der Waals surface area (Å²) in [5.74, 6) is 0.837. The summed E-state index contributed by atoms with van der Waals surface area (Å²) in [6.07, 6.45) is 0.801. The number of hydrogen-bond donors (Lipinski definition) is 0. The normalized spacial score (nSPS) is 16.9. The summed E-state index contributed by atoms with van der Waals surface area (Å²) in [6.45, 7) is 5.17. The maximum Gasteiger partial charge on any atom is 0.243 e. The zero-order valence-electron chi connectivity index (χ0n) is 15.7. The van der Waals surface area contributed by atoms with Gasteiger partial charge in [-0.1, -0.05) is 29.8 Å². The molecule has 0 atom stereocenters. The van der Waals surface area contributed by atoms with Crippen LogP contribution in [0.5, 0.6) is 5.75 Å². The maximum absolute atomic E-state index is 13.1. The van der Waals surface area contributed by atoms with E-state index >= 15 is 0 Å². The molecule has 0 N–H and O–H groups in total. The molecule has 1 heterocycles. The molecule has 0 amide bonds. The third kappa shape index (κ3) is 4.82. The Kier molecular flexibility index (Phi) is 6.42. The molecule has 1 fully saturated rings. The molecule has 7 heteroatoms. The number of benzene rings is 2. The Bertz CT molecular complexity index is 885. The second-order valence-electron chi connectivity index (χ2n) is 6.79. The Morgan fingerprint density at radius 2 is 1.78 bits per heavy atom. The molecular formula is C20H25ClN2O3S. The van der Waals surface area contributed by atoms with Crippen LogP contribution in [0, 0.1) is 6.92 Å². The molecule has 0 radical (unpaired) electrons. The summed E-state index contributed by atoms with van der Waals surface area (Å²) < 4.78 is 32.9. The maximum atomic E-state index is 13.1. The summed E-state index contributed by atoms with van der Waals surface area (Å²) in [4.78, 5) is 2.60. The van der Waals surface area contributed by atoms with Gasteiger partial charge in [-0.15, -0.1) is 0 Å². The van der Waals surface area contributed by atoms with E-state index in [1.165, 1.54) is 5.56 Å². The van der Waals surface area contributed by atoms with Crippen molar-refractivity contribution in [3.05, 3.63) is 58.6 Å². The van der Waals surface area contributed by atoms with Crippen LogP contribution < -0.4 is 4.74 Å². The second-order valence-corrected chi connectivity index (χ2v) is 9.13. The number of aryl methyl sites for hydroxylation is 1. The van der Waals surface area contributed by atoms with E-state index in [4.69, 9.17) is 16.3 Å². The minimum atomic E-state index is -3.54. The van der Waals surface area contributed by atoms with Crippen molar-refractivity contribution in [3.63, 3.8) is 0 Å². The van der Waals surface area contributed by atoms with Crippen LogP contribution in [0.4, 0.5) is 0 Å². The van der Waals surface area contributed by atoms with Crippen LogP contribution in [0.15, 0.2) is 47.4 Å². The molecule has 1 aliphatic rings. The lowest BCUT2D eigenvalue weighted by Crippen LogP contribution is -2.35. The van der Waals surface area contributed by atoms with Gasteiger partial charge in [0.15, 0.2) is 0 Å². The molecule has 1 aliphatic heterocycles. The van der Waals surface area contributed by atoms with Crippen LogP contribution >= 0.6 is 11.6 Å². The molecule has 27 heavy (non-hydrogen) atoms. The van der Waals surface area contributed by atoms with Gasteiger partial charge in [-0.25, -0.2) is 8.42 Å². The van der Waals surface area contributed by atoms with E-state index in [-0.39, 0.29) is 0 Å². The Hall–Kier alpha value is -1.60. The molecule has 2 aromatic carbocycles. The predicted octanol–water partition coefficient (Wildman–Crippen LogP) is 3.55. The van der Waals surface area contributed by atoms with Gasteiger partial charge < -0.3 is 4.74 Å². The fraction of sp³-hybridized carbons (Fsp3) is 0.400. The van der Waals surface area contributed by atoms with E-state index in [2.05, 4.69) is 4.90 Å². The molecule has 2 aromatic rings. The van der Waals surface area contributed by atoms with Crippen LogP contribution in [0.2, 0.25) is 5.02 Å². The quantitative estimate of drug-likeness (QED) is 0.759. The van der Waals surface area contributed by atoms with E-state index in [0.29, 0.717) is 29.6 Å². The largest absolute Gasteiger partial charge is 0.497 e. The Morgan fingerprint density at radius 3 is 2.48 bits per heavy atom. The highest BCUT2D eigenvalue weighted by molar-refractivity contribution is 7.89. The van der Waals surface area contributed by atoms with Crippen molar-refractivity contribution in [2.45, 2.75) is 24.8 Å². The zero-order valence-corrected chi connectivity index (χ0v) is 17.3. The van der Waals surface area contributed by atoms with Crippen LogP contribution in [0.25, 0.3) is 0 Å². The Morgan fingerprint density at radius 1 is 1.04 bits per heavy atom. The molecular weight excluding hydrogens is 384 g/mol. The van der Waals surface area contributed by atoms with Crippen LogP contribution in [-0.4, -0.2) is 50.9 Å². The fourth-order valence-corrected chi connectivity index (χ4v) is 5.28. The number of nitrogens with zero attached hydrogens (tertiary/aromatic N) is 2. The average molecular weight is 409 g/mol. The minimum Gasteiger partial charge on any atom is -0.497 e. The van der Waals surface area contributed by atoms with E-state index in [1.54, 1.807) is 36.5 Å². The number of methoxy groups -OCH3 is 1. The first kappa shape index (κ1) is 20.1. The number of halogens is 1. The zero-order chi connectivity index (χ0) is 19.4. The first-order chi connectivity index (χ1) is 12.9. The number of hydrogen-bond acceptors (Lipinski definition) is 4. The Labute approximate surface area is 166 Å². The Balaban J connectivity index is 1.69. The minimum absolute atomic E-state index is 0.304. The second kappa shape index (κ2) is 8.61. The predicted molar refractivity (Wildman–Crippen MR) is 108 cm³/mol. The van der Waals surface area contributed by atoms with E-state index in [9.17, 15) is 8.42 Å². The van der Waals surface area contributed by atoms with Crippen LogP contribution in [0.1, 0.15) is 17.5 Å². The van der Waals surface area contributed by atoms with Crippen molar-refractivity contribution in [3.8, 4) is 5.75 Å². The van der Waals surface area contributed by atoms with Gasteiger partial charge in [-0.2, -0.15) is 4.31 Å². The standard InChI is InChI=1S/C20H25ClN2O3S/c1-16-4-7-18(21)14-20(16)27(24,25)23-11-3-10-22(12-13-23)15-17-5-8-19(26-2)9-6-17/h4-9,14H,3,10-13,15H2,1-2H3. The van der Waals surface area contributed by atoms with Gasteiger partial charge in [0.1, 0.15) is 5.75 Å². The molecule has 5 nitrogen and oxygen atoms in total. The van der Waals surface area contributed by atoms with E-state index in [0.717, 1.165) is 30.8 Å². The van der Waals surface area contributed by atoms with Crippen LogP contribution in [0.3, 0.4) is 0 Å². The molecule has 0 aliphatic carbocycles. The lowest BCUT2D eigenvalue weighted by molar-refractivity contribution is 0.278. The summed E-state index contributed by atoms with van der Waals surface area (Å²) in [5.41, 5.74) is 1.91. The SMILES string of the molecule is COc1ccc(CN2CCCN(S(=O)(=O)c3cc(Cl)ccc3C)CC2)cc1. The van der Waals surface area contributed by atoms with Crippen molar-refractivity contribution < 1.29 is 13.2 Å². The number of rotatable bonds is 5. The smallest absolute Gasteiger partial charge is 0.243 e. The van der Waals surface area contributed by atoms with E-state index in [1.807, 2.05) is 24.3 Å². The van der Waals surface area contributed by atoms with Gasteiger partial charge >= 0.3 is 0 Å². The number of ether oxygens (including phenoxy) is 1. The van der Waals surface area contributed by atoms with Gasteiger partial charge in [0.25, 0.3) is 0 Å². The first-order valence-electron chi connectivity index (χ1n) is 9.02. The molecule has 0 aromatic heterocycles. The molecule has 0 unspecified atom stereocenters. The van der Waals surface area contributed by atoms with Gasteiger partial charge in [-0.3, -0.25) is 4.90 Å². The van der Waals surface area contributed by atoms with Crippen molar-refractivity contribution >= 4 is 21.6 Å². The van der Waals surface area contributed by atoms with Gasteiger partial charge in [0, 0.05) is 31.2 Å². The van der Waals surface area contributed by atoms with Gasteiger partial charge in [0.2, 0.25) is 10.0 Å². The average Bonchev–Trinajstić information content (AvgIpc) is 2.90. The monoisotopic (exact) mass is 408 g/mol. The highest BCUT2D eigenvalue weighted by Gasteiger charge is 2.28. The molecule has 0 bridgehead atoms. The molecule has 1 saturated heterocycles. The lowest BCUT2D eigenvalue weighted by atomic mass is 10.2.